The molecule has 1 heterocycles. The number of hydrogen-bond donors (Lipinski definition) is 1. The van der Waals surface area contributed by atoms with Crippen LogP contribution in [-0.4, -0.2) is 31.3 Å². The fourth-order valence-electron chi connectivity index (χ4n) is 1.70. The minimum absolute atomic E-state index is 0.0711. The molecule has 0 aliphatic carbocycles. The second-order valence-electron chi connectivity index (χ2n) is 4.53. The summed E-state index contributed by atoms with van der Waals surface area (Å²) >= 11 is 0. The molecule has 0 amide bonds. The summed E-state index contributed by atoms with van der Waals surface area (Å²) in [5, 5.41) is 0. The molecule has 2 N–H and O–H groups in total. The van der Waals surface area contributed by atoms with Crippen molar-refractivity contribution >= 4 is 5.97 Å². The number of carbonyl (C=O) groups excluding carboxylic acids is 1. The summed E-state index contributed by atoms with van der Waals surface area (Å²) in [5.41, 5.74) is 5.77. The molecule has 0 aromatic carbocycles. The summed E-state index contributed by atoms with van der Waals surface area (Å²) in [6.07, 6.45) is 4.19. The molecule has 0 saturated carbocycles. The maximum Gasteiger partial charge on any atom is 0.323 e. The number of rotatable bonds is 5. The van der Waals surface area contributed by atoms with Gasteiger partial charge in [0.1, 0.15) is 12.6 Å². The van der Waals surface area contributed by atoms with Gasteiger partial charge in [-0.05, 0) is 25.2 Å². The smallest absolute Gasteiger partial charge is 0.323 e. The van der Waals surface area contributed by atoms with Crippen molar-refractivity contribution in [1.82, 2.24) is 0 Å². The maximum absolute atomic E-state index is 11.6. The van der Waals surface area contributed by atoms with Crippen LogP contribution in [0, 0.1) is 5.92 Å². The predicted molar refractivity (Wildman–Crippen MR) is 62.0 cm³/mol. The number of carbonyl (C=O) groups is 1. The van der Waals surface area contributed by atoms with Crippen LogP contribution in [0.1, 0.15) is 39.5 Å². The quantitative estimate of drug-likeness (QED) is 0.725. The van der Waals surface area contributed by atoms with E-state index < -0.39 is 6.04 Å². The predicted octanol–water partition coefficient (Wildman–Crippen LogP) is 1.47. The van der Waals surface area contributed by atoms with E-state index in [0.717, 1.165) is 32.3 Å². The number of hydrogen-bond acceptors (Lipinski definition) is 4. The molecule has 94 valence electrons. The highest BCUT2D eigenvalue weighted by Gasteiger charge is 2.23. The lowest BCUT2D eigenvalue weighted by Crippen LogP contribution is -2.39. The van der Waals surface area contributed by atoms with Gasteiger partial charge in [-0.3, -0.25) is 4.79 Å². The van der Waals surface area contributed by atoms with E-state index >= 15 is 0 Å². The van der Waals surface area contributed by atoms with Crippen LogP contribution >= 0.6 is 0 Å². The standard InChI is InChI=1S/C12H23NO3/c1-3-9(2)11(13)12(14)16-8-10-6-4-5-7-15-10/h9-11H,3-8,13H2,1-2H3/t9-,10?,11-/m0/s1. The Balaban J connectivity index is 2.23. The fraction of sp³-hybridized carbons (Fsp3) is 0.917. The highest BCUT2D eigenvalue weighted by atomic mass is 16.6. The number of nitrogens with two attached hydrogens (primary N) is 1. The Morgan fingerprint density at radius 1 is 1.56 bits per heavy atom. The van der Waals surface area contributed by atoms with Gasteiger partial charge in [0.25, 0.3) is 0 Å². The van der Waals surface area contributed by atoms with Crippen LogP contribution in [0.2, 0.25) is 0 Å². The summed E-state index contributed by atoms with van der Waals surface area (Å²) in [6, 6.07) is -0.506. The van der Waals surface area contributed by atoms with Crippen molar-refractivity contribution in [2.75, 3.05) is 13.2 Å². The van der Waals surface area contributed by atoms with E-state index in [-0.39, 0.29) is 18.0 Å². The Morgan fingerprint density at radius 2 is 2.31 bits per heavy atom. The van der Waals surface area contributed by atoms with Gasteiger partial charge in [-0.2, -0.15) is 0 Å². The zero-order valence-corrected chi connectivity index (χ0v) is 10.3. The summed E-state index contributed by atoms with van der Waals surface area (Å²) in [7, 11) is 0. The van der Waals surface area contributed by atoms with Crippen molar-refractivity contribution in [2.24, 2.45) is 11.7 Å². The highest BCUT2D eigenvalue weighted by Crippen LogP contribution is 2.13. The molecule has 1 aliphatic rings. The molecule has 0 aromatic rings. The highest BCUT2D eigenvalue weighted by molar-refractivity contribution is 5.75. The van der Waals surface area contributed by atoms with E-state index in [1.165, 1.54) is 0 Å². The van der Waals surface area contributed by atoms with Gasteiger partial charge in [0.05, 0.1) is 6.10 Å². The van der Waals surface area contributed by atoms with Gasteiger partial charge in [0.15, 0.2) is 0 Å². The topological polar surface area (TPSA) is 61.6 Å². The average molecular weight is 229 g/mol. The molecular weight excluding hydrogens is 206 g/mol. The summed E-state index contributed by atoms with van der Waals surface area (Å²) in [6.45, 7) is 5.10. The van der Waals surface area contributed by atoms with Crippen molar-refractivity contribution in [1.29, 1.82) is 0 Å². The molecule has 1 rings (SSSR count). The number of esters is 1. The first-order valence-corrected chi connectivity index (χ1v) is 6.19. The molecule has 1 unspecified atom stereocenters. The van der Waals surface area contributed by atoms with Crippen molar-refractivity contribution in [3.8, 4) is 0 Å². The van der Waals surface area contributed by atoms with E-state index in [9.17, 15) is 4.79 Å². The van der Waals surface area contributed by atoms with Crippen LogP contribution in [0.5, 0.6) is 0 Å². The molecule has 0 radical (unpaired) electrons. The van der Waals surface area contributed by atoms with E-state index in [1.54, 1.807) is 0 Å². The average Bonchev–Trinajstić information content (AvgIpc) is 2.35. The van der Waals surface area contributed by atoms with Crippen LogP contribution in [0.15, 0.2) is 0 Å². The molecule has 4 heteroatoms. The second kappa shape index (κ2) is 6.86. The minimum atomic E-state index is -0.506. The van der Waals surface area contributed by atoms with Gasteiger partial charge in [0, 0.05) is 6.61 Å². The third-order valence-electron chi connectivity index (χ3n) is 3.21. The number of ether oxygens (including phenoxy) is 2. The van der Waals surface area contributed by atoms with Crippen molar-refractivity contribution in [3.63, 3.8) is 0 Å². The van der Waals surface area contributed by atoms with Gasteiger partial charge in [-0.1, -0.05) is 20.3 Å². The van der Waals surface area contributed by atoms with Crippen LogP contribution in [0.3, 0.4) is 0 Å². The van der Waals surface area contributed by atoms with Crippen molar-refractivity contribution < 1.29 is 14.3 Å². The van der Waals surface area contributed by atoms with Crippen LogP contribution in [-0.2, 0) is 14.3 Å². The third kappa shape index (κ3) is 4.10. The van der Waals surface area contributed by atoms with E-state index in [1.807, 2.05) is 13.8 Å². The summed E-state index contributed by atoms with van der Waals surface area (Å²) in [4.78, 5) is 11.6. The maximum atomic E-state index is 11.6. The second-order valence-corrected chi connectivity index (χ2v) is 4.53. The normalized spacial score (nSPS) is 24.8. The minimum Gasteiger partial charge on any atom is -0.462 e. The zero-order valence-electron chi connectivity index (χ0n) is 10.3. The largest absolute Gasteiger partial charge is 0.462 e. The Kier molecular flexibility index (Phi) is 5.77. The van der Waals surface area contributed by atoms with Crippen LogP contribution < -0.4 is 5.73 Å². The molecule has 4 nitrogen and oxygen atoms in total. The van der Waals surface area contributed by atoms with Crippen molar-refractivity contribution in [2.45, 2.75) is 51.7 Å². The molecule has 1 saturated heterocycles. The Bertz CT molecular complexity index is 214. The SMILES string of the molecule is CC[C@H](C)[C@H](N)C(=O)OCC1CCCCO1. The summed E-state index contributed by atoms with van der Waals surface area (Å²) < 4.78 is 10.7. The molecule has 1 fully saturated rings. The van der Waals surface area contributed by atoms with Crippen LogP contribution in [0.4, 0.5) is 0 Å². The lowest BCUT2D eigenvalue weighted by atomic mass is 10.0. The van der Waals surface area contributed by atoms with Gasteiger partial charge in [-0.25, -0.2) is 0 Å². The van der Waals surface area contributed by atoms with Crippen LogP contribution in [0.25, 0.3) is 0 Å². The first kappa shape index (κ1) is 13.5. The third-order valence-corrected chi connectivity index (χ3v) is 3.21. The first-order chi connectivity index (χ1) is 7.65. The lowest BCUT2D eigenvalue weighted by Gasteiger charge is -2.23. The van der Waals surface area contributed by atoms with E-state index in [4.69, 9.17) is 15.2 Å². The van der Waals surface area contributed by atoms with E-state index in [0.29, 0.717) is 6.61 Å². The summed E-state index contributed by atoms with van der Waals surface area (Å²) in [5.74, 6) is -0.136. The zero-order chi connectivity index (χ0) is 12.0. The molecule has 16 heavy (non-hydrogen) atoms. The Morgan fingerprint density at radius 3 is 2.88 bits per heavy atom. The Labute approximate surface area is 97.5 Å². The molecule has 0 bridgehead atoms. The Hall–Kier alpha value is -0.610. The van der Waals surface area contributed by atoms with Gasteiger partial charge >= 0.3 is 5.97 Å². The molecule has 3 atom stereocenters. The first-order valence-electron chi connectivity index (χ1n) is 6.19. The van der Waals surface area contributed by atoms with Gasteiger partial charge < -0.3 is 15.2 Å². The lowest BCUT2D eigenvalue weighted by molar-refractivity contribution is -0.151. The molecule has 0 spiro atoms. The van der Waals surface area contributed by atoms with Gasteiger partial charge in [-0.15, -0.1) is 0 Å². The van der Waals surface area contributed by atoms with Gasteiger partial charge in [0.2, 0.25) is 0 Å². The molecular formula is C12H23NO3. The molecule has 1 aliphatic heterocycles. The van der Waals surface area contributed by atoms with Crippen molar-refractivity contribution in [3.05, 3.63) is 0 Å². The fourth-order valence-corrected chi connectivity index (χ4v) is 1.70. The van der Waals surface area contributed by atoms with E-state index in [2.05, 4.69) is 0 Å². The molecule has 0 aromatic heterocycles. The monoisotopic (exact) mass is 229 g/mol.